The molecule has 1 aromatic carbocycles. The monoisotopic (exact) mass is 368 g/mol. The lowest BCUT2D eigenvalue weighted by atomic mass is 10.1. The number of nitrogen functional groups attached to an aromatic ring is 1. The topological polar surface area (TPSA) is 79.5 Å². The van der Waals surface area contributed by atoms with Gasteiger partial charge in [-0.1, -0.05) is 12.1 Å². The Kier molecular flexibility index (Phi) is 5.40. The fourth-order valence-corrected chi connectivity index (χ4v) is 3.67. The number of ether oxygens (including phenoxy) is 1. The number of rotatable bonds is 5. The molecule has 4 rings (SSSR count). The molecule has 7 heteroatoms. The molecule has 1 atom stereocenters. The van der Waals surface area contributed by atoms with Gasteiger partial charge in [-0.05, 0) is 37.6 Å². The number of likely N-dealkylation sites (N-methyl/N-ethyl adjacent to an activating group) is 1. The van der Waals surface area contributed by atoms with Crippen LogP contribution in [0.2, 0.25) is 0 Å². The predicted octanol–water partition coefficient (Wildman–Crippen LogP) is 2.07. The van der Waals surface area contributed by atoms with Gasteiger partial charge in [-0.15, -0.1) is 0 Å². The molecular weight excluding hydrogens is 340 g/mol. The second-order valence-electron chi connectivity index (χ2n) is 7.34. The molecule has 1 unspecified atom stereocenters. The number of anilines is 3. The Balaban J connectivity index is 1.50. The van der Waals surface area contributed by atoms with Gasteiger partial charge in [-0.3, -0.25) is 0 Å². The summed E-state index contributed by atoms with van der Waals surface area (Å²) in [4.78, 5) is 13.4. The summed E-state index contributed by atoms with van der Waals surface area (Å²) < 4.78 is 5.69. The van der Waals surface area contributed by atoms with E-state index in [4.69, 9.17) is 10.5 Å². The Morgan fingerprint density at radius 3 is 2.67 bits per heavy atom. The van der Waals surface area contributed by atoms with E-state index in [9.17, 15) is 0 Å². The normalized spacial score (nSPS) is 20.8. The van der Waals surface area contributed by atoms with Gasteiger partial charge in [0.25, 0.3) is 0 Å². The zero-order chi connectivity index (χ0) is 18.6. The maximum Gasteiger partial charge on any atom is 0.221 e. The highest BCUT2D eigenvalue weighted by atomic mass is 16.5. The van der Waals surface area contributed by atoms with Crippen LogP contribution in [0.1, 0.15) is 12.8 Å². The molecule has 0 bridgehead atoms. The number of hydrogen-bond donors (Lipinski definition) is 2. The second-order valence-corrected chi connectivity index (χ2v) is 7.34. The number of benzene rings is 1. The van der Waals surface area contributed by atoms with E-state index in [1.807, 2.05) is 0 Å². The standard InChI is InChI=1S/C20H28N6O/c1-25-8-10-26(11-9-25)16-6-4-15(5-7-16)18-14-23-20(21)24-19(18)22-13-17-3-2-12-27-17/h4-7,14,17H,2-3,8-13H2,1H3,(H3,21,22,23,24). The number of nitrogens with one attached hydrogen (secondary N) is 1. The lowest BCUT2D eigenvalue weighted by Gasteiger charge is -2.34. The molecule has 2 saturated heterocycles. The van der Waals surface area contributed by atoms with Gasteiger partial charge < -0.3 is 25.6 Å². The number of hydrogen-bond acceptors (Lipinski definition) is 7. The van der Waals surface area contributed by atoms with Crippen LogP contribution >= 0.6 is 0 Å². The molecule has 2 aliphatic heterocycles. The van der Waals surface area contributed by atoms with Crippen LogP contribution in [-0.4, -0.2) is 67.4 Å². The van der Waals surface area contributed by atoms with Gasteiger partial charge >= 0.3 is 0 Å². The van der Waals surface area contributed by atoms with E-state index >= 15 is 0 Å². The minimum atomic E-state index is 0.244. The molecule has 2 fully saturated rings. The van der Waals surface area contributed by atoms with Crippen LogP contribution in [0.3, 0.4) is 0 Å². The highest BCUT2D eigenvalue weighted by molar-refractivity contribution is 5.76. The Labute approximate surface area is 160 Å². The summed E-state index contributed by atoms with van der Waals surface area (Å²) in [5, 5.41) is 3.41. The zero-order valence-corrected chi connectivity index (χ0v) is 15.9. The van der Waals surface area contributed by atoms with Gasteiger partial charge in [0.1, 0.15) is 5.82 Å². The first-order valence-corrected chi connectivity index (χ1v) is 9.71. The molecule has 0 aliphatic carbocycles. The van der Waals surface area contributed by atoms with Gasteiger partial charge in [0.15, 0.2) is 0 Å². The third-order valence-electron chi connectivity index (χ3n) is 5.38. The molecule has 27 heavy (non-hydrogen) atoms. The fourth-order valence-electron chi connectivity index (χ4n) is 3.67. The fraction of sp³-hybridized carbons (Fsp3) is 0.500. The lowest BCUT2D eigenvalue weighted by Crippen LogP contribution is -2.44. The van der Waals surface area contributed by atoms with Crippen molar-refractivity contribution in [1.29, 1.82) is 0 Å². The summed E-state index contributed by atoms with van der Waals surface area (Å²) in [5.74, 6) is 1.05. The molecule has 0 spiro atoms. The van der Waals surface area contributed by atoms with Crippen LogP contribution in [0.25, 0.3) is 11.1 Å². The van der Waals surface area contributed by atoms with Crippen LogP contribution in [0.15, 0.2) is 30.5 Å². The van der Waals surface area contributed by atoms with Crippen molar-refractivity contribution in [2.24, 2.45) is 0 Å². The molecular formula is C20H28N6O. The van der Waals surface area contributed by atoms with E-state index in [0.717, 1.165) is 69.1 Å². The number of nitrogens with zero attached hydrogens (tertiary/aromatic N) is 4. The SMILES string of the molecule is CN1CCN(c2ccc(-c3cnc(N)nc3NCC3CCCO3)cc2)CC1. The van der Waals surface area contributed by atoms with Crippen LogP contribution in [0, 0.1) is 0 Å². The number of aromatic nitrogens is 2. The maximum absolute atomic E-state index is 5.82. The highest BCUT2D eigenvalue weighted by Crippen LogP contribution is 2.29. The first kappa shape index (κ1) is 18.0. The van der Waals surface area contributed by atoms with E-state index in [0.29, 0.717) is 0 Å². The van der Waals surface area contributed by atoms with Crippen molar-refractivity contribution in [2.75, 3.05) is 62.3 Å². The second kappa shape index (κ2) is 8.10. The van der Waals surface area contributed by atoms with Crippen molar-refractivity contribution in [1.82, 2.24) is 14.9 Å². The van der Waals surface area contributed by atoms with Crippen molar-refractivity contribution in [2.45, 2.75) is 18.9 Å². The molecule has 7 nitrogen and oxygen atoms in total. The van der Waals surface area contributed by atoms with Crippen molar-refractivity contribution in [3.8, 4) is 11.1 Å². The average Bonchev–Trinajstić information content (AvgIpc) is 3.21. The zero-order valence-electron chi connectivity index (χ0n) is 15.9. The third kappa shape index (κ3) is 4.31. The quantitative estimate of drug-likeness (QED) is 0.836. The average molecular weight is 368 g/mol. The lowest BCUT2D eigenvalue weighted by molar-refractivity contribution is 0.120. The highest BCUT2D eigenvalue weighted by Gasteiger charge is 2.18. The van der Waals surface area contributed by atoms with Gasteiger partial charge in [-0.2, -0.15) is 4.98 Å². The first-order valence-electron chi connectivity index (χ1n) is 9.71. The molecule has 3 N–H and O–H groups in total. The van der Waals surface area contributed by atoms with Crippen molar-refractivity contribution >= 4 is 17.5 Å². The van der Waals surface area contributed by atoms with Crippen LogP contribution in [0.5, 0.6) is 0 Å². The van der Waals surface area contributed by atoms with Crippen molar-refractivity contribution in [3.63, 3.8) is 0 Å². The summed E-state index contributed by atoms with van der Waals surface area (Å²) in [7, 11) is 2.17. The summed E-state index contributed by atoms with van der Waals surface area (Å²) >= 11 is 0. The van der Waals surface area contributed by atoms with Crippen LogP contribution in [0.4, 0.5) is 17.5 Å². The van der Waals surface area contributed by atoms with E-state index in [2.05, 4.69) is 56.4 Å². The third-order valence-corrected chi connectivity index (χ3v) is 5.38. The Morgan fingerprint density at radius 1 is 1.19 bits per heavy atom. The maximum atomic E-state index is 5.82. The first-order chi connectivity index (χ1) is 13.2. The van der Waals surface area contributed by atoms with Crippen LogP contribution < -0.4 is 16.0 Å². The molecule has 0 amide bonds. The molecule has 2 aliphatic rings. The number of nitrogens with two attached hydrogens (primary N) is 1. The number of piperazine rings is 1. The molecule has 3 heterocycles. The minimum Gasteiger partial charge on any atom is -0.376 e. The smallest absolute Gasteiger partial charge is 0.221 e. The van der Waals surface area contributed by atoms with Crippen molar-refractivity contribution < 1.29 is 4.74 Å². The minimum absolute atomic E-state index is 0.244. The van der Waals surface area contributed by atoms with Crippen molar-refractivity contribution in [3.05, 3.63) is 30.5 Å². The van der Waals surface area contributed by atoms with Gasteiger partial charge in [0.2, 0.25) is 5.95 Å². The summed E-state index contributed by atoms with van der Waals surface area (Å²) in [6.07, 6.45) is 4.25. The molecule has 1 aromatic heterocycles. The van der Waals surface area contributed by atoms with E-state index in [1.165, 1.54) is 5.69 Å². The summed E-state index contributed by atoms with van der Waals surface area (Å²) in [6, 6.07) is 8.64. The Hall–Kier alpha value is -2.38. The van der Waals surface area contributed by atoms with E-state index < -0.39 is 0 Å². The van der Waals surface area contributed by atoms with Gasteiger partial charge in [0, 0.05) is 56.8 Å². The summed E-state index contributed by atoms with van der Waals surface area (Å²) in [6.45, 7) is 5.92. The predicted molar refractivity (Wildman–Crippen MR) is 109 cm³/mol. The van der Waals surface area contributed by atoms with Crippen LogP contribution in [-0.2, 0) is 4.74 Å². The molecule has 2 aromatic rings. The largest absolute Gasteiger partial charge is 0.376 e. The Morgan fingerprint density at radius 2 is 1.96 bits per heavy atom. The molecule has 144 valence electrons. The Bertz CT molecular complexity index is 752. The van der Waals surface area contributed by atoms with E-state index in [-0.39, 0.29) is 12.1 Å². The molecule has 0 saturated carbocycles. The van der Waals surface area contributed by atoms with Gasteiger partial charge in [-0.25, -0.2) is 4.98 Å². The molecule has 0 radical (unpaired) electrons. The van der Waals surface area contributed by atoms with E-state index in [1.54, 1.807) is 6.20 Å². The summed E-state index contributed by atoms with van der Waals surface area (Å²) in [5.41, 5.74) is 9.13. The van der Waals surface area contributed by atoms with Gasteiger partial charge in [0.05, 0.1) is 6.10 Å².